The van der Waals surface area contributed by atoms with E-state index in [0.29, 0.717) is 11.4 Å². The molecule has 0 amide bonds. The molecule has 0 aliphatic rings. The summed E-state index contributed by atoms with van der Waals surface area (Å²) in [6.07, 6.45) is -4.61. The zero-order chi connectivity index (χ0) is 12.9. The van der Waals surface area contributed by atoms with E-state index in [9.17, 15) is 18.3 Å². The van der Waals surface area contributed by atoms with Gasteiger partial charge in [-0.05, 0) is 24.5 Å². The topological polar surface area (TPSA) is 42.4 Å². The number of halogens is 3. The molecule has 1 atom stereocenters. The van der Waals surface area contributed by atoms with Gasteiger partial charge in [0.25, 0.3) is 0 Å². The summed E-state index contributed by atoms with van der Waals surface area (Å²) < 4.78 is 40.5. The van der Waals surface area contributed by atoms with Gasteiger partial charge in [-0.2, -0.15) is 13.2 Å². The minimum absolute atomic E-state index is 0.0630. The number of ether oxygens (including phenoxy) is 1. The van der Waals surface area contributed by atoms with Gasteiger partial charge in [0.2, 0.25) is 5.88 Å². The highest BCUT2D eigenvalue weighted by Gasteiger charge is 2.26. The molecule has 96 valence electrons. The van der Waals surface area contributed by atoms with Crippen molar-refractivity contribution in [2.45, 2.75) is 31.5 Å². The van der Waals surface area contributed by atoms with Gasteiger partial charge < -0.3 is 9.84 Å². The average Bonchev–Trinajstić information content (AvgIpc) is 2.27. The summed E-state index contributed by atoms with van der Waals surface area (Å²) in [6.45, 7) is 0. The number of aromatic nitrogens is 1. The first kappa shape index (κ1) is 13.8. The van der Waals surface area contributed by atoms with Crippen LogP contribution in [0.15, 0.2) is 18.3 Å². The highest BCUT2D eigenvalue weighted by atomic mass is 19.4. The van der Waals surface area contributed by atoms with Crippen LogP contribution in [0.4, 0.5) is 13.2 Å². The minimum Gasteiger partial charge on any atom is -0.481 e. The molecule has 17 heavy (non-hydrogen) atoms. The first-order valence-corrected chi connectivity index (χ1v) is 5.17. The van der Waals surface area contributed by atoms with Gasteiger partial charge >= 0.3 is 6.18 Å². The number of pyridine rings is 1. The molecule has 1 N–H and O–H groups in total. The fourth-order valence-electron chi connectivity index (χ4n) is 1.37. The first-order chi connectivity index (χ1) is 7.92. The Morgan fingerprint density at radius 2 is 2.12 bits per heavy atom. The van der Waals surface area contributed by atoms with Gasteiger partial charge in [-0.3, -0.25) is 0 Å². The maximum Gasteiger partial charge on any atom is 0.389 e. The van der Waals surface area contributed by atoms with Gasteiger partial charge in [0.1, 0.15) is 0 Å². The third-order valence-electron chi connectivity index (χ3n) is 2.29. The van der Waals surface area contributed by atoms with Crippen LogP contribution in [0, 0.1) is 0 Å². The Morgan fingerprint density at radius 3 is 2.59 bits per heavy atom. The molecule has 1 heterocycles. The molecule has 1 rings (SSSR count). The number of methoxy groups -OCH3 is 1. The van der Waals surface area contributed by atoms with Crippen molar-refractivity contribution in [3.63, 3.8) is 0 Å². The molecule has 0 saturated heterocycles. The Bertz CT molecular complexity index is 338. The van der Waals surface area contributed by atoms with E-state index in [-0.39, 0.29) is 12.8 Å². The lowest BCUT2D eigenvalue weighted by Gasteiger charge is -2.11. The van der Waals surface area contributed by atoms with Crippen LogP contribution in [0.2, 0.25) is 0 Å². The predicted molar refractivity (Wildman–Crippen MR) is 55.7 cm³/mol. The molecular weight excluding hydrogens is 235 g/mol. The Hall–Kier alpha value is -1.30. The monoisotopic (exact) mass is 249 g/mol. The zero-order valence-corrected chi connectivity index (χ0v) is 9.37. The summed E-state index contributed by atoms with van der Waals surface area (Å²) in [5.41, 5.74) is 0.493. The number of alkyl halides is 3. The average molecular weight is 249 g/mol. The van der Waals surface area contributed by atoms with Crippen molar-refractivity contribution in [3.05, 3.63) is 23.9 Å². The van der Waals surface area contributed by atoms with Crippen molar-refractivity contribution in [2.24, 2.45) is 0 Å². The van der Waals surface area contributed by atoms with Crippen LogP contribution in [0.25, 0.3) is 0 Å². The van der Waals surface area contributed by atoms with Crippen LogP contribution in [-0.4, -0.2) is 23.4 Å². The standard InChI is InChI=1S/C11H14F3NO2/c1-17-10-5-4-8(7-15-10)9(16)3-2-6-11(12,13)14/h4-5,7,9,16H,2-3,6H2,1H3. The summed E-state index contributed by atoms with van der Waals surface area (Å²) in [7, 11) is 1.46. The first-order valence-electron chi connectivity index (χ1n) is 5.17. The fraction of sp³-hybridized carbons (Fsp3) is 0.545. The highest BCUT2D eigenvalue weighted by molar-refractivity contribution is 5.19. The zero-order valence-electron chi connectivity index (χ0n) is 9.37. The quantitative estimate of drug-likeness (QED) is 0.872. The lowest BCUT2D eigenvalue weighted by Crippen LogP contribution is -2.08. The van der Waals surface area contributed by atoms with E-state index in [2.05, 4.69) is 4.98 Å². The van der Waals surface area contributed by atoms with E-state index in [1.54, 1.807) is 12.1 Å². The van der Waals surface area contributed by atoms with Crippen LogP contribution in [0.1, 0.15) is 30.9 Å². The summed E-state index contributed by atoms with van der Waals surface area (Å²) in [5.74, 6) is 0.399. The molecule has 1 aromatic heterocycles. The van der Waals surface area contributed by atoms with E-state index >= 15 is 0 Å². The Labute approximate surface area is 97.2 Å². The fourth-order valence-corrected chi connectivity index (χ4v) is 1.37. The molecule has 0 aliphatic carbocycles. The number of aliphatic hydroxyl groups excluding tert-OH is 1. The molecule has 3 nitrogen and oxygen atoms in total. The van der Waals surface area contributed by atoms with Crippen LogP contribution in [0.3, 0.4) is 0 Å². The summed E-state index contributed by atoms with van der Waals surface area (Å²) in [5, 5.41) is 9.63. The summed E-state index contributed by atoms with van der Waals surface area (Å²) in [4.78, 5) is 3.87. The Balaban J connectivity index is 2.43. The second-order valence-corrected chi connectivity index (χ2v) is 3.66. The van der Waals surface area contributed by atoms with Gasteiger partial charge in [-0.15, -0.1) is 0 Å². The highest BCUT2D eigenvalue weighted by Crippen LogP contribution is 2.26. The third-order valence-corrected chi connectivity index (χ3v) is 2.29. The van der Waals surface area contributed by atoms with Crippen LogP contribution >= 0.6 is 0 Å². The van der Waals surface area contributed by atoms with E-state index in [1.165, 1.54) is 13.3 Å². The molecule has 0 saturated carbocycles. The van der Waals surface area contributed by atoms with E-state index in [1.807, 2.05) is 0 Å². The maximum absolute atomic E-state index is 11.9. The number of aliphatic hydroxyl groups is 1. The van der Waals surface area contributed by atoms with Crippen LogP contribution in [-0.2, 0) is 0 Å². The molecule has 0 aromatic carbocycles. The molecule has 0 aliphatic heterocycles. The normalized spacial score (nSPS) is 13.5. The molecule has 6 heteroatoms. The Kier molecular flexibility index (Phi) is 4.74. The van der Waals surface area contributed by atoms with Gasteiger partial charge in [0, 0.05) is 18.7 Å². The van der Waals surface area contributed by atoms with Gasteiger partial charge in [-0.1, -0.05) is 0 Å². The van der Waals surface area contributed by atoms with Crippen molar-refractivity contribution in [1.29, 1.82) is 0 Å². The minimum atomic E-state index is -4.17. The lowest BCUT2D eigenvalue weighted by atomic mass is 10.1. The van der Waals surface area contributed by atoms with Crippen molar-refractivity contribution < 1.29 is 23.0 Å². The van der Waals surface area contributed by atoms with E-state index in [4.69, 9.17) is 4.74 Å². The molecule has 0 fully saturated rings. The van der Waals surface area contributed by atoms with Gasteiger partial charge in [0.15, 0.2) is 0 Å². The smallest absolute Gasteiger partial charge is 0.389 e. The van der Waals surface area contributed by atoms with Crippen LogP contribution in [0.5, 0.6) is 5.88 Å². The largest absolute Gasteiger partial charge is 0.481 e. The molecule has 1 aromatic rings. The molecule has 0 bridgehead atoms. The lowest BCUT2D eigenvalue weighted by molar-refractivity contribution is -0.136. The molecule has 1 unspecified atom stereocenters. The predicted octanol–water partition coefficient (Wildman–Crippen LogP) is 2.86. The maximum atomic E-state index is 11.9. The summed E-state index contributed by atoms with van der Waals surface area (Å²) in [6, 6.07) is 3.15. The van der Waals surface area contributed by atoms with Crippen LogP contribution < -0.4 is 4.74 Å². The third kappa shape index (κ3) is 5.04. The number of hydrogen-bond acceptors (Lipinski definition) is 3. The molecule has 0 spiro atoms. The van der Waals surface area contributed by atoms with E-state index < -0.39 is 18.7 Å². The van der Waals surface area contributed by atoms with Crippen molar-refractivity contribution in [2.75, 3.05) is 7.11 Å². The number of hydrogen-bond donors (Lipinski definition) is 1. The van der Waals surface area contributed by atoms with Crippen molar-refractivity contribution >= 4 is 0 Å². The second kappa shape index (κ2) is 5.86. The molecule has 0 radical (unpaired) electrons. The van der Waals surface area contributed by atoms with E-state index in [0.717, 1.165) is 0 Å². The number of rotatable bonds is 5. The number of nitrogens with zero attached hydrogens (tertiary/aromatic N) is 1. The van der Waals surface area contributed by atoms with Gasteiger partial charge in [-0.25, -0.2) is 4.98 Å². The van der Waals surface area contributed by atoms with Gasteiger partial charge in [0.05, 0.1) is 13.2 Å². The molecular formula is C11H14F3NO2. The SMILES string of the molecule is COc1ccc(C(O)CCCC(F)(F)F)cn1. The van der Waals surface area contributed by atoms with Crippen molar-refractivity contribution in [3.8, 4) is 5.88 Å². The Morgan fingerprint density at radius 1 is 1.41 bits per heavy atom. The van der Waals surface area contributed by atoms with Crippen molar-refractivity contribution in [1.82, 2.24) is 4.98 Å². The summed E-state index contributed by atoms with van der Waals surface area (Å²) >= 11 is 0. The second-order valence-electron chi connectivity index (χ2n) is 3.66.